The maximum absolute atomic E-state index is 9.99. The Balaban J connectivity index is -0.000000309. The Hall–Kier alpha value is 0.0331. The molecular weight excluding hydrogens is 281 g/mol. The van der Waals surface area contributed by atoms with Crippen LogP contribution in [0.3, 0.4) is 0 Å². The number of hydrogen-bond donors (Lipinski definition) is 4. The normalized spacial score (nSPS) is 10.1. The Morgan fingerprint density at radius 2 is 1.69 bits per heavy atom. The number of carbonyl (C=O) groups is 2. The average molecular weight is 291 g/mol. The molecule has 0 heterocycles. The van der Waals surface area contributed by atoms with E-state index in [2.05, 4.69) is 11.9 Å². The molecule has 0 spiro atoms. The molecule has 8 heteroatoms. The van der Waals surface area contributed by atoms with Gasteiger partial charge in [-0.3, -0.25) is 14.2 Å². The van der Waals surface area contributed by atoms with Crippen LogP contribution < -0.4 is 5.73 Å². The van der Waals surface area contributed by atoms with E-state index >= 15 is 0 Å². The van der Waals surface area contributed by atoms with Gasteiger partial charge in [0.2, 0.25) is 0 Å². The summed E-state index contributed by atoms with van der Waals surface area (Å²) in [6.07, 6.45) is -0.224. The molecule has 0 aromatic rings. The van der Waals surface area contributed by atoms with E-state index in [1.165, 1.54) is 0 Å². The molecule has 0 aliphatic carbocycles. The number of hydrogen-bond acceptors (Lipinski definition) is 4. The van der Waals surface area contributed by atoms with Gasteiger partial charge in [0, 0.05) is 32.6 Å². The van der Waals surface area contributed by atoms with Gasteiger partial charge in [0.25, 0.3) is 0 Å². The molecule has 0 saturated carbocycles. The first-order valence-electron chi connectivity index (χ1n) is 2.91. The maximum Gasteiger partial charge on any atom is 0.320 e. The van der Waals surface area contributed by atoms with Gasteiger partial charge < -0.3 is 15.9 Å². The van der Waals surface area contributed by atoms with Crippen LogP contribution in [0.15, 0.2) is 0 Å². The van der Waals surface area contributed by atoms with Crippen molar-refractivity contribution >= 4 is 23.8 Å². The van der Waals surface area contributed by atoms with Gasteiger partial charge in [0.15, 0.2) is 0 Å². The van der Waals surface area contributed by atoms with Crippen LogP contribution in [-0.2, 0) is 35.8 Å². The fourth-order valence-corrected chi connectivity index (χ4v) is 0.402. The monoisotopic (exact) mass is 289 g/mol. The number of carboxylic acid groups (broad SMARTS) is 2. The molecule has 5 N–H and O–H groups in total. The molecule has 0 rings (SSSR count). The van der Waals surface area contributed by atoms with Crippen LogP contribution in [0.2, 0.25) is 0 Å². The molecule has 0 fully saturated rings. The van der Waals surface area contributed by atoms with Crippen LogP contribution in [0.25, 0.3) is 0 Å². The number of nitrogens with two attached hydrogens (primary N) is 1. The van der Waals surface area contributed by atoms with Crippen LogP contribution in [0.1, 0.15) is 12.8 Å². The first-order valence-corrected chi connectivity index (χ1v) is 3.25. The molecule has 13 heavy (non-hydrogen) atoms. The molecule has 6 nitrogen and oxygen atoms in total. The summed E-state index contributed by atoms with van der Waals surface area (Å²) in [5.74, 6) is -2.20. The van der Waals surface area contributed by atoms with E-state index < -0.39 is 18.0 Å². The minimum atomic E-state index is -1.17. The number of rotatable bonds is 4. The van der Waals surface area contributed by atoms with E-state index in [-0.39, 0.29) is 39.0 Å². The minimum Gasteiger partial charge on any atom is -0.481 e. The summed E-state index contributed by atoms with van der Waals surface area (Å²) in [5.41, 5.74) is 5.00. The van der Waals surface area contributed by atoms with Crippen molar-refractivity contribution in [1.29, 1.82) is 0 Å². The Morgan fingerprint density at radius 3 is 1.92 bits per heavy atom. The van der Waals surface area contributed by atoms with Gasteiger partial charge in [0.1, 0.15) is 6.04 Å². The zero-order chi connectivity index (χ0) is 10.1. The molecule has 0 aliphatic heterocycles. The van der Waals surface area contributed by atoms with Gasteiger partial charge in [-0.2, -0.15) is 0 Å². The Kier molecular flexibility index (Phi) is 17.4. The van der Waals surface area contributed by atoms with E-state index in [0.29, 0.717) is 0 Å². The number of halogens is 1. The van der Waals surface area contributed by atoms with Crippen molar-refractivity contribution in [1.82, 2.24) is 0 Å². The summed E-state index contributed by atoms with van der Waals surface area (Å²) in [5, 5.41) is 16.3. The van der Waals surface area contributed by atoms with Crippen molar-refractivity contribution in [3.63, 3.8) is 0 Å². The van der Waals surface area contributed by atoms with Crippen molar-refractivity contribution in [2.45, 2.75) is 18.9 Å². The molecule has 0 bridgehead atoms. The van der Waals surface area contributed by atoms with Crippen molar-refractivity contribution in [2.75, 3.05) is 0 Å². The molecule has 0 amide bonds. The van der Waals surface area contributed by atoms with Gasteiger partial charge in [-0.25, -0.2) is 0 Å². The summed E-state index contributed by atoms with van der Waals surface area (Å²) >= 11 is 3.64. The second-order valence-corrected chi connectivity index (χ2v) is 1.88. The standard InChI is InChI=1S/C5H9NO4.ClHO.Zr/c6-3(5(9)10)1-2-4(7)8;1-2;/h3H,1-2,6H2,(H,7,8)(H,9,10);2H;/t3-;;/m0../s1. The summed E-state index contributed by atoms with van der Waals surface area (Å²) in [4.78, 5) is 19.9. The van der Waals surface area contributed by atoms with E-state index in [9.17, 15) is 9.59 Å². The van der Waals surface area contributed by atoms with E-state index in [0.717, 1.165) is 0 Å². The van der Waals surface area contributed by atoms with Gasteiger partial charge in [0.05, 0.1) is 11.9 Å². The minimum absolute atomic E-state index is 0. The van der Waals surface area contributed by atoms with Crippen LogP contribution in [0.4, 0.5) is 0 Å². The molecule has 0 radical (unpaired) electrons. The third-order valence-electron chi connectivity index (χ3n) is 0.986. The van der Waals surface area contributed by atoms with Gasteiger partial charge >= 0.3 is 11.9 Å². The predicted molar refractivity (Wildman–Crippen MR) is 40.6 cm³/mol. The third-order valence-corrected chi connectivity index (χ3v) is 0.986. The summed E-state index contributed by atoms with van der Waals surface area (Å²) in [6, 6.07) is -1.06. The Labute approximate surface area is 99.0 Å². The molecule has 0 aromatic carbocycles. The first-order chi connectivity index (χ1) is 5.54. The first kappa shape index (κ1) is 18.7. The third kappa shape index (κ3) is 14.8. The average Bonchev–Trinajstić information content (AvgIpc) is 2.03. The smallest absolute Gasteiger partial charge is 0.320 e. The zero-order valence-corrected chi connectivity index (χ0v) is 9.82. The molecular formula is C5H10ClNO5Zr. The van der Waals surface area contributed by atoms with Crippen LogP contribution in [0.5, 0.6) is 0 Å². The molecule has 0 aromatic heterocycles. The van der Waals surface area contributed by atoms with Crippen LogP contribution >= 0.6 is 11.9 Å². The van der Waals surface area contributed by atoms with Gasteiger partial charge in [-0.1, -0.05) is 0 Å². The fourth-order valence-electron chi connectivity index (χ4n) is 0.402. The molecule has 0 unspecified atom stereocenters. The Bertz CT molecular complexity index is 156. The molecule has 0 aliphatic rings. The second-order valence-electron chi connectivity index (χ2n) is 1.88. The van der Waals surface area contributed by atoms with Crippen LogP contribution in [0, 0.1) is 0 Å². The van der Waals surface area contributed by atoms with Gasteiger partial charge in [-0.15, -0.1) is 0 Å². The molecule has 76 valence electrons. The summed E-state index contributed by atoms with van der Waals surface area (Å²) < 4.78 is 6.47. The molecule has 0 saturated heterocycles. The van der Waals surface area contributed by atoms with Crippen molar-refractivity contribution in [3.8, 4) is 0 Å². The van der Waals surface area contributed by atoms with Crippen molar-refractivity contribution < 1.29 is 50.7 Å². The topological polar surface area (TPSA) is 121 Å². The van der Waals surface area contributed by atoms with E-state index in [4.69, 9.17) is 20.6 Å². The quantitative estimate of drug-likeness (QED) is 0.548. The Morgan fingerprint density at radius 1 is 1.31 bits per heavy atom. The van der Waals surface area contributed by atoms with Crippen molar-refractivity contribution in [2.24, 2.45) is 5.73 Å². The predicted octanol–water partition coefficient (Wildman–Crippen LogP) is -0.607. The number of carboxylic acids is 2. The van der Waals surface area contributed by atoms with E-state index in [1.54, 1.807) is 0 Å². The fraction of sp³-hybridized carbons (Fsp3) is 0.600. The summed E-state index contributed by atoms with van der Waals surface area (Å²) in [6.45, 7) is 0. The number of aliphatic carboxylic acids is 2. The zero-order valence-electron chi connectivity index (χ0n) is 6.61. The maximum atomic E-state index is 9.99. The summed E-state index contributed by atoms with van der Waals surface area (Å²) in [7, 11) is 0. The van der Waals surface area contributed by atoms with Crippen molar-refractivity contribution in [3.05, 3.63) is 0 Å². The van der Waals surface area contributed by atoms with E-state index in [1.807, 2.05) is 0 Å². The SMILES string of the molecule is N[C@@H](CCC(=O)O)C(=O)O.OCl.[Zr]. The molecule has 1 atom stereocenters. The largest absolute Gasteiger partial charge is 0.481 e. The second kappa shape index (κ2) is 12.0. The van der Waals surface area contributed by atoms with Gasteiger partial charge in [-0.05, 0) is 6.42 Å². The van der Waals surface area contributed by atoms with Crippen LogP contribution in [-0.4, -0.2) is 32.9 Å².